The molecule has 0 aliphatic heterocycles. The van der Waals surface area contributed by atoms with Gasteiger partial charge in [-0.1, -0.05) is 29.8 Å². The molecule has 0 aliphatic rings. The van der Waals surface area contributed by atoms with Gasteiger partial charge in [0.25, 0.3) is 5.56 Å². The zero-order chi connectivity index (χ0) is 16.2. The van der Waals surface area contributed by atoms with E-state index in [2.05, 4.69) is 15.6 Å². The Morgan fingerprint density at radius 2 is 1.83 bits per heavy atom. The van der Waals surface area contributed by atoms with Crippen molar-refractivity contribution >= 4 is 23.5 Å². The topological polar surface area (TPSA) is 62.2 Å². The number of rotatable bonds is 4. The highest BCUT2D eigenvalue weighted by Crippen LogP contribution is 2.12. The highest BCUT2D eigenvalue weighted by atomic mass is 35.5. The highest BCUT2D eigenvalue weighted by molar-refractivity contribution is 6.30. The Balaban J connectivity index is 1.86. The first kappa shape index (κ1) is 15.1. The van der Waals surface area contributed by atoms with Crippen molar-refractivity contribution in [1.82, 2.24) is 9.78 Å². The van der Waals surface area contributed by atoms with Crippen molar-refractivity contribution in [3.63, 3.8) is 0 Å². The zero-order valence-corrected chi connectivity index (χ0v) is 13.2. The van der Waals surface area contributed by atoms with Crippen LogP contribution in [0.25, 0.3) is 5.69 Å². The lowest BCUT2D eigenvalue weighted by Crippen LogP contribution is -2.17. The monoisotopic (exact) mass is 326 g/mol. The van der Waals surface area contributed by atoms with E-state index in [1.807, 2.05) is 37.3 Å². The van der Waals surface area contributed by atoms with E-state index in [9.17, 15) is 4.79 Å². The number of para-hydroxylation sites is 1. The summed E-state index contributed by atoms with van der Waals surface area (Å²) in [5.74, 6) is 0. The molecule has 1 aromatic heterocycles. The molecule has 0 amide bonds. The second-order valence-electron chi connectivity index (χ2n) is 5.00. The number of nitrogens with zero attached hydrogens (tertiary/aromatic N) is 2. The Morgan fingerprint density at radius 1 is 1.13 bits per heavy atom. The van der Waals surface area contributed by atoms with E-state index in [0.717, 1.165) is 17.1 Å². The molecular weight excluding hydrogens is 312 g/mol. The van der Waals surface area contributed by atoms with Crippen molar-refractivity contribution < 1.29 is 0 Å². The molecular formula is C17H15ClN4O. The summed E-state index contributed by atoms with van der Waals surface area (Å²) in [6.45, 7) is 1.83. The average molecular weight is 327 g/mol. The molecule has 0 unspecified atom stereocenters. The van der Waals surface area contributed by atoms with Gasteiger partial charge in [0, 0.05) is 10.7 Å². The number of hydrazone groups is 1. The second-order valence-corrected chi connectivity index (χ2v) is 5.44. The quantitative estimate of drug-likeness (QED) is 0.568. The third-order valence-electron chi connectivity index (χ3n) is 3.36. The maximum Gasteiger partial charge on any atom is 0.280 e. The van der Waals surface area contributed by atoms with Crippen LogP contribution in [0.15, 0.2) is 64.5 Å². The summed E-state index contributed by atoms with van der Waals surface area (Å²) in [6, 6.07) is 16.6. The molecule has 3 rings (SSSR count). The fraction of sp³-hybridized carbons (Fsp3) is 0.0588. The number of halogens is 1. The number of hydrogen-bond donors (Lipinski definition) is 2. The van der Waals surface area contributed by atoms with Crippen molar-refractivity contribution in [2.75, 3.05) is 5.43 Å². The predicted octanol–water partition coefficient (Wildman–Crippen LogP) is 3.57. The Hall–Kier alpha value is -2.79. The van der Waals surface area contributed by atoms with Crippen molar-refractivity contribution in [1.29, 1.82) is 0 Å². The average Bonchev–Trinajstić information content (AvgIpc) is 2.85. The fourth-order valence-electron chi connectivity index (χ4n) is 2.17. The predicted molar refractivity (Wildman–Crippen MR) is 93.8 cm³/mol. The molecule has 0 atom stereocenters. The van der Waals surface area contributed by atoms with Crippen LogP contribution in [0.3, 0.4) is 0 Å². The molecule has 0 fully saturated rings. The van der Waals surface area contributed by atoms with Gasteiger partial charge in [-0.05, 0) is 43.3 Å². The number of anilines is 1. The number of aromatic nitrogens is 2. The molecule has 5 nitrogen and oxygen atoms in total. The molecule has 0 aliphatic carbocycles. The molecule has 2 N–H and O–H groups in total. The molecule has 0 saturated heterocycles. The lowest BCUT2D eigenvalue weighted by molar-refractivity contribution is 0.835. The summed E-state index contributed by atoms with van der Waals surface area (Å²) in [5, 5.41) is 7.79. The molecule has 0 bridgehead atoms. The summed E-state index contributed by atoms with van der Waals surface area (Å²) >= 11 is 5.88. The van der Waals surface area contributed by atoms with E-state index in [1.54, 1.807) is 24.3 Å². The van der Waals surface area contributed by atoms with E-state index in [0.29, 0.717) is 10.6 Å². The highest BCUT2D eigenvalue weighted by Gasteiger charge is 2.10. The van der Waals surface area contributed by atoms with Gasteiger partial charge in [0.15, 0.2) is 0 Å². The molecule has 0 saturated carbocycles. The Bertz CT molecular complexity index is 879. The van der Waals surface area contributed by atoms with E-state index in [4.69, 9.17) is 11.6 Å². The van der Waals surface area contributed by atoms with Crippen molar-refractivity contribution in [2.24, 2.45) is 5.10 Å². The maximum atomic E-state index is 12.5. The van der Waals surface area contributed by atoms with Crippen LogP contribution in [-0.2, 0) is 0 Å². The summed E-state index contributed by atoms with van der Waals surface area (Å²) < 4.78 is 1.47. The van der Waals surface area contributed by atoms with Crippen molar-refractivity contribution in [3.8, 4) is 5.69 Å². The Kier molecular flexibility index (Phi) is 4.30. The van der Waals surface area contributed by atoms with Crippen molar-refractivity contribution in [2.45, 2.75) is 6.92 Å². The van der Waals surface area contributed by atoms with Crippen LogP contribution in [0.4, 0.5) is 5.69 Å². The number of nitrogens with one attached hydrogen (secondary N) is 2. The minimum absolute atomic E-state index is 0.163. The number of benzene rings is 2. The first-order valence-electron chi connectivity index (χ1n) is 7.07. The van der Waals surface area contributed by atoms with E-state index < -0.39 is 0 Å². The van der Waals surface area contributed by atoms with Crippen molar-refractivity contribution in [3.05, 3.63) is 81.2 Å². The Morgan fingerprint density at radius 3 is 2.52 bits per heavy atom. The summed E-state index contributed by atoms with van der Waals surface area (Å²) in [7, 11) is 0. The lowest BCUT2D eigenvalue weighted by atomic mass is 10.3. The zero-order valence-electron chi connectivity index (χ0n) is 12.5. The molecule has 23 heavy (non-hydrogen) atoms. The standard InChI is InChI=1S/C17H15ClN4O/c1-12-16(11-19-20-14-5-3-2-4-6-14)17(23)22(21-12)15-9-7-13(18)8-10-15/h2-11,20-21H,1H3. The lowest BCUT2D eigenvalue weighted by Gasteiger charge is -2.00. The van der Waals surface area contributed by atoms with Crippen LogP contribution in [0.1, 0.15) is 11.3 Å². The summed E-state index contributed by atoms with van der Waals surface area (Å²) in [4.78, 5) is 12.5. The maximum absolute atomic E-state index is 12.5. The molecule has 0 spiro atoms. The van der Waals surface area contributed by atoms with Gasteiger partial charge in [-0.2, -0.15) is 5.10 Å². The Labute approximate surface area is 138 Å². The number of aromatic amines is 1. The molecule has 2 aromatic carbocycles. The number of aryl methyl sites for hydroxylation is 1. The van der Waals surface area contributed by atoms with Gasteiger partial charge in [-0.3, -0.25) is 15.3 Å². The summed E-state index contributed by atoms with van der Waals surface area (Å²) in [5.41, 5.74) is 5.55. The van der Waals surface area contributed by atoms with E-state index in [1.165, 1.54) is 10.9 Å². The smallest absolute Gasteiger partial charge is 0.280 e. The SMILES string of the molecule is Cc1[nH]n(-c2ccc(Cl)cc2)c(=O)c1C=NNc1ccccc1. The van der Waals surface area contributed by atoms with Crippen LogP contribution in [0.2, 0.25) is 5.02 Å². The van der Waals surface area contributed by atoms with Gasteiger partial charge in [0.05, 0.1) is 23.2 Å². The largest absolute Gasteiger partial charge is 0.295 e. The molecule has 0 radical (unpaired) electrons. The third-order valence-corrected chi connectivity index (χ3v) is 3.61. The van der Waals surface area contributed by atoms with E-state index in [-0.39, 0.29) is 5.56 Å². The normalized spacial score (nSPS) is 11.0. The first-order chi connectivity index (χ1) is 11.1. The van der Waals surface area contributed by atoms with Crippen LogP contribution < -0.4 is 11.0 Å². The van der Waals surface area contributed by atoms with Gasteiger partial charge in [0.1, 0.15) is 0 Å². The molecule has 116 valence electrons. The van der Waals surface area contributed by atoms with Gasteiger partial charge < -0.3 is 0 Å². The van der Waals surface area contributed by atoms with Crippen LogP contribution in [-0.4, -0.2) is 16.0 Å². The van der Waals surface area contributed by atoms with Crippen LogP contribution >= 0.6 is 11.6 Å². The number of hydrogen-bond acceptors (Lipinski definition) is 3. The minimum atomic E-state index is -0.163. The fourth-order valence-corrected chi connectivity index (χ4v) is 2.29. The third kappa shape index (κ3) is 3.35. The second kappa shape index (κ2) is 6.54. The van der Waals surface area contributed by atoms with E-state index >= 15 is 0 Å². The van der Waals surface area contributed by atoms with Gasteiger partial charge in [0.2, 0.25) is 0 Å². The van der Waals surface area contributed by atoms with Crippen LogP contribution in [0.5, 0.6) is 0 Å². The molecule has 3 aromatic rings. The van der Waals surface area contributed by atoms with Gasteiger partial charge in [-0.15, -0.1) is 0 Å². The first-order valence-corrected chi connectivity index (χ1v) is 7.44. The molecule has 1 heterocycles. The van der Waals surface area contributed by atoms with Crippen LogP contribution in [0, 0.1) is 6.92 Å². The molecule has 6 heteroatoms. The van der Waals surface area contributed by atoms with Gasteiger partial charge in [-0.25, -0.2) is 4.68 Å². The van der Waals surface area contributed by atoms with Gasteiger partial charge >= 0.3 is 0 Å². The summed E-state index contributed by atoms with van der Waals surface area (Å²) in [6.07, 6.45) is 1.52. The number of H-pyrrole nitrogens is 1. The minimum Gasteiger partial charge on any atom is -0.295 e.